The minimum atomic E-state index is -0.258. The quantitative estimate of drug-likeness (QED) is 0.737. The molecule has 1 saturated carbocycles. The first kappa shape index (κ1) is 16.1. The molecule has 3 nitrogen and oxygen atoms in total. The first-order valence-corrected chi connectivity index (χ1v) is 9.74. The number of hydrogen-bond donors (Lipinski definition) is 1. The fraction of sp³-hybridized carbons (Fsp3) is 0.391. The average Bonchev–Trinajstić information content (AvgIpc) is 3.45. The van der Waals surface area contributed by atoms with Crippen LogP contribution >= 0.6 is 0 Å². The predicted octanol–water partition coefficient (Wildman–Crippen LogP) is 4.78. The lowest BCUT2D eigenvalue weighted by molar-refractivity contribution is -0.0442. The Kier molecular flexibility index (Phi) is 4.07. The summed E-state index contributed by atoms with van der Waals surface area (Å²) in [4.78, 5) is 0. The molecule has 1 aromatic heterocycles. The third-order valence-electron chi connectivity index (χ3n) is 5.80. The summed E-state index contributed by atoms with van der Waals surface area (Å²) in [6.45, 7) is 1.49. The average molecular weight is 347 g/mol. The van der Waals surface area contributed by atoms with Gasteiger partial charge in [-0.05, 0) is 42.4 Å². The lowest BCUT2D eigenvalue weighted by atomic mass is 9.99. The second-order valence-electron chi connectivity index (χ2n) is 7.78. The van der Waals surface area contributed by atoms with Gasteiger partial charge in [0.05, 0.1) is 12.2 Å². The van der Waals surface area contributed by atoms with Gasteiger partial charge in [0.1, 0.15) is 0 Å². The van der Waals surface area contributed by atoms with Gasteiger partial charge in [-0.2, -0.15) is 0 Å². The largest absolute Gasteiger partial charge is 0.393 e. The molecule has 3 heteroatoms. The van der Waals surface area contributed by atoms with Crippen LogP contribution in [0.1, 0.15) is 54.4 Å². The van der Waals surface area contributed by atoms with Crippen LogP contribution in [0.15, 0.2) is 54.7 Å². The minimum absolute atomic E-state index is 0.0119. The number of aliphatic hydroxyl groups is 1. The Hall–Kier alpha value is -2.10. The number of para-hydroxylation sites is 1. The molecule has 134 valence electrons. The van der Waals surface area contributed by atoms with E-state index in [1.807, 2.05) is 0 Å². The van der Waals surface area contributed by atoms with Crippen LogP contribution in [0, 0.1) is 0 Å². The van der Waals surface area contributed by atoms with Crippen LogP contribution in [-0.2, 0) is 11.3 Å². The van der Waals surface area contributed by atoms with Gasteiger partial charge in [-0.15, -0.1) is 0 Å². The number of aromatic nitrogens is 1. The molecule has 2 unspecified atom stereocenters. The summed E-state index contributed by atoms with van der Waals surface area (Å²) in [7, 11) is 0. The molecule has 2 atom stereocenters. The molecule has 1 N–H and O–H groups in total. The minimum Gasteiger partial charge on any atom is -0.393 e. The zero-order valence-corrected chi connectivity index (χ0v) is 15.0. The van der Waals surface area contributed by atoms with Gasteiger partial charge in [0.25, 0.3) is 0 Å². The Balaban J connectivity index is 1.47. The van der Waals surface area contributed by atoms with E-state index in [0.29, 0.717) is 13.0 Å². The second-order valence-corrected chi connectivity index (χ2v) is 7.78. The van der Waals surface area contributed by atoms with E-state index in [-0.39, 0.29) is 12.2 Å². The van der Waals surface area contributed by atoms with Gasteiger partial charge in [-0.1, -0.05) is 42.5 Å². The molecule has 0 bridgehead atoms. The number of nitrogens with zero attached hydrogens (tertiary/aromatic N) is 1. The molecule has 2 aromatic carbocycles. The summed E-state index contributed by atoms with van der Waals surface area (Å²) in [5.41, 5.74) is 5.24. The monoisotopic (exact) mass is 347 g/mol. The van der Waals surface area contributed by atoms with E-state index in [1.54, 1.807) is 0 Å². The van der Waals surface area contributed by atoms with Gasteiger partial charge in [0, 0.05) is 42.2 Å². The summed E-state index contributed by atoms with van der Waals surface area (Å²) in [5.74, 6) is 0.804. The molecule has 26 heavy (non-hydrogen) atoms. The molecule has 2 heterocycles. The van der Waals surface area contributed by atoms with E-state index in [2.05, 4.69) is 59.3 Å². The van der Waals surface area contributed by atoms with Crippen molar-refractivity contribution in [2.45, 2.75) is 50.4 Å². The number of aliphatic hydroxyl groups excluding tert-OH is 1. The highest BCUT2D eigenvalue weighted by atomic mass is 16.5. The summed E-state index contributed by atoms with van der Waals surface area (Å²) in [6, 6.07) is 17.6. The molecule has 5 rings (SSSR count). The van der Waals surface area contributed by atoms with Crippen LogP contribution in [0.3, 0.4) is 0 Å². The van der Waals surface area contributed by atoms with E-state index < -0.39 is 0 Å². The van der Waals surface area contributed by atoms with Crippen LogP contribution in [0.2, 0.25) is 0 Å². The molecule has 1 saturated heterocycles. The lowest BCUT2D eigenvalue weighted by Gasteiger charge is -2.26. The lowest BCUT2D eigenvalue weighted by Crippen LogP contribution is -2.23. The van der Waals surface area contributed by atoms with Crippen molar-refractivity contribution in [2.24, 2.45) is 0 Å². The third kappa shape index (κ3) is 3.06. The maximum absolute atomic E-state index is 10.0. The topological polar surface area (TPSA) is 34.4 Å². The Bertz CT molecular complexity index is 908. The van der Waals surface area contributed by atoms with Crippen LogP contribution in [-0.4, -0.2) is 22.4 Å². The molecule has 1 aliphatic carbocycles. The first-order valence-electron chi connectivity index (χ1n) is 9.74. The number of benzene rings is 2. The Labute approximate surface area is 154 Å². The predicted molar refractivity (Wildman–Crippen MR) is 103 cm³/mol. The molecule has 3 aromatic rings. The van der Waals surface area contributed by atoms with Crippen molar-refractivity contribution in [3.8, 4) is 0 Å². The highest BCUT2D eigenvalue weighted by molar-refractivity contribution is 5.84. The van der Waals surface area contributed by atoms with E-state index in [0.717, 1.165) is 18.9 Å². The molecule has 2 aliphatic rings. The molecular weight excluding hydrogens is 322 g/mol. The highest BCUT2D eigenvalue weighted by Crippen LogP contribution is 2.40. The Morgan fingerprint density at radius 3 is 2.58 bits per heavy atom. The van der Waals surface area contributed by atoms with Gasteiger partial charge in [-0.3, -0.25) is 0 Å². The molecular formula is C23H25NO2. The molecule has 2 fully saturated rings. The summed E-state index contributed by atoms with van der Waals surface area (Å²) in [5, 5.41) is 11.3. The summed E-state index contributed by atoms with van der Waals surface area (Å²) >= 11 is 0. The van der Waals surface area contributed by atoms with E-state index >= 15 is 0 Å². The fourth-order valence-electron chi connectivity index (χ4n) is 4.17. The van der Waals surface area contributed by atoms with Gasteiger partial charge in [0.2, 0.25) is 0 Å². The van der Waals surface area contributed by atoms with E-state index in [4.69, 9.17) is 4.74 Å². The smallest absolute Gasteiger partial charge is 0.0870 e. The van der Waals surface area contributed by atoms with Crippen LogP contribution in [0.5, 0.6) is 0 Å². The number of hydrogen-bond acceptors (Lipinski definition) is 2. The van der Waals surface area contributed by atoms with E-state index in [1.165, 1.54) is 40.4 Å². The van der Waals surface area contributed by atoms with Gasteiger partial charge in [-0.25, -0.2) is 0 Å². The zero-order valence-electron chi connectivity index (χ0n) is 15.0. The Morgan fingerprint density at radius 2 is 1.81 bits per heavy atom. The zero-order chi connectivity index (χ0) is 17.5. The third-order valence-corrected chi connectivity index (χ3v) is 5.80. The van der Waals surface area contributed by atoms with Gasteiger partial charge in [0.15, 0.2) is 0 Å². The summed E-state index contributed by atoms with van der Waals surface area (Å²) in [6.07, 6.45) is 6.07. The molecule has 1 aliphatic heterocycles. The first-order chi connectivity index (χ1) is 12.8. The number of rotatable bonds is 4. The SMILES string of the molecule is OC1CCOC(c2cn(Cc3ccc(C4CC4)cc3)c3ccccc23)C1. The van der Waals surface area contributed by atoms with Crippen LogP contribution < -0.4 is 0 Å². The summed E-state index contributed by atoms with van der Waals surface area (Å²) < 4.78 is 8.30. The van der Waals surface area contributed by atoms with E-state index in [9.17, 15) is 5.11 Å². The maximum atomic E-state index is 10.0. The Morgan fingerprint density at radius 1 is 1.00 bits per heavy atom. The van der Waals surface area contributed by atoms with Crippen molar-refractivity contribution in [3.05, 3.63) is 71.4 Å². The molecule has 0 radical (unpaired) electrons. The highest BCUT2D eigenvalue weighted by Gasteiger charge is 2.26. The fourth-order valence-corrected chi connectivity index (χ4v) is 4.17. The second kappa shape index (κ2) is 6.57. The van der Waals surface area contributed by atoms with Crippen molar-refractivity contribution < 1.29 is 9.84 Å². The standard InChI is InChI=1S/C23H25NO2/c25-19-11-12-26-23(13-19)21-15-24(22-4-2-1-3-20(21)22)14-16-5-7-17(8-6-16)18-9-10-18/h1-8,15,18-19,23,25H,9-14H2. The maximum Gasteiger partial charge on any atom is 0.0870 e. The van der Waals surface area contributed by atoms with Crippen LogP contribution in [0.4, 0.5) is 0 Å². The van der Waals surface area contributed by atoms with Gasteiger partial charge >= 0.3 is 0 Å². The van der Waals surface area contributed by atoms with Crippen molar-refractivity contribution in [1.29, 1.82) is 0 Å². The normalized spacial score (nSPS) is 23.4. The van der Waals surface area contributed by atoms with Crippen molar-refractivity contribution >= 4 is 10.9 Å². The molecule has 0 amide bonds. The number of fused-ring (bicyclic) bond motifs is 1. The van der Waals surface area contributed by atoms with Crippen molar-refractivity contribution in [2.75, 3.05) is 6.61 Å². The van der Waals surface area contributed by atoms with Crippen LogP contribution in [0.25, 0.3) is 10.9 Å². The van der Waals surface area contributed by atoms with Crippen molar-refractivity contribution in [3.63, 3.8) is 0 Å². The number of ether oxygens (including phenoxy) is 1. The van der Waals surface area contributed by atoms with Gasteiger partial charge < -0.3 is 14.4 Å². The van der Waals surface area contributed by atoms with Crippen molar-refractivity contribution in [1.82, 2.24) is 4.57 Å². The molecule has 0 spiro atoms.